The highest BCUT2D eigenvalue weighted by Gasteiger charge is 2.32. The molecule has 158 valence electrons. The van der Waals surface area contributed by atoms with E-state index < -0.39 is 22.0 Å². The molecule has 29 heavy (non-hydrogen) atoms. The topological polar surface area (TPSA) is 75.7 Å². The summed E-state index contributed by atoms with van der Waals surface area (Å²) in [4.78, 5) is 13.1. The third kappa shape index (κ3) is 5.09. The second kappa shape index (κ2) is 9.31. The van der Waals surface area contributed by atoms with E-state index in [1.54, 1.807) is 19.1 Å². The summed E-state index contributed by atoms with van der Waals surface area (Å²) < 4.78 is 31.8. The molecular weight excluding hydrogens is 388 g/mol. The molecule has 0 aliphatic rings. The van der Waals surface area contributed by atoms with Crippen LogP contribution in [0, 0.1) is 6.92 Å². The summed E-state index contributed by atoms with van der Waals surface area (Å²) in [5.74, 6) is -0.00142. The van der Waals surface area contributed by atoms with Crippen LogP contribution in [0.2, 0.25) is 0 Å². The number of para-hydroxylation sites is 1. The van der Waals surface area contributed by atoms with Crippen molar-refractivity contribution in [2.24, 2.45) is 0 Å². The highest BCUT2D eigenvalue weighted by atomic mass is 32.2. The molecule has 1 amide bonds. The summed E-state index contributed by atoms with van der Waals surface area (Å²) in [5.41, 5.74) is 4.01. The number of nitrogens with zero attached hydrogens (tertiary/aromatic N) is 1. The van der Waals surface area contributed by atoms with Crippen LogP contribution in [0.4, 0.5) is 11.4 Å². The molecule has 0 unspecified atom stereocenters. The largest absolute Gasteiger partial charge is 0.495 e. The number of nitrogens with one attached hydrogen (secondary N) is 1. The molecule has 2 rings (SSSR count). The fourth-order valence-corrected chi connectivity index (χ4v) is 4.55. The molecule has 0 radical (unpaired) electrons. The van der Waals surface area contributed by atoms with Crippen LogP contribution in [0.15, 0.2) is 36.4 Å². The minimum atomic E-state index is -3.74. The average Bonchev–Trinajstić information content (AvgIpc) is 2.67. The van der Waals surface area contributed by atoms with Gasteiger partial charge in [0.1, 0.15) is 11.8 Å². The molecule has 2 aromatic rings. The van der Waals surface area contributed by atoms with E-state index in [-0.39, 0.29) is 0 Å². The van der Waals surface area contributed by atoms with Crippen molar-refractivity contribution >= 4 is 27.3 Å². The maximum absolute atomic E-state index is 13.1. The smallest absolute Gasteiger partial charge is 0.248 e. The van der Waals surface area contributed by atoms with Gasteiger partial charge in [-0.2, -0.15) is 0 Å². The Morgan fingerprint density at radius 1 is 1.14 bits per heavy atom. The number of aryl methyl sites for hydroxylation is 3. The number of hydrogen-bond donors (Lipinski definition) is 1. The molecule has 0 saturated heterocycles. The fourth-order valence-electron chi connectivity index (χ4n) is 3.38. The number of hydrogen-bond acceptors (Lipinski definition) is 4. The van der Waals surface area contributed by atoms with Gasteiger partial charge in [-0.05, 0) is 55.5 Å². The first kappa shape index (κ1) is 22.7. The Balaban J connectivity index is 2.48. The Kier molecular flexibility index (Phi) is 7.30. The molecule has 0 fully saturated rings. The molecule has 2 aromatic carbocycles. The van der Waals surface area contributed by atoms with Crippen LogP contribution in [-0.2, 0) is 27.7 Å². The molecule has 7 heteroatoms. The van der Waals surface area contributed by atoms with Crippen molar-refractivity contribution < 1.29 is 17.9 Å². The second-order valence-corrected chi connectivity index (χ2v) is 8.92. The molecule has 0 aliphatic carbocycles. The number of rotatable bonds is 8. The third-order valence-corrected chi connectivity index (χ3v) is 6.13. The first-order valence-corrected chi connectivity index (χ1v) is 11.5. The van der Waals surface area contributed by atoms with E-state index in [0.29, 0.717) is 11.4 Å². The van der Waals surface area contributed by atoms with Gasteiger partial charge < -0.3 is 10.1 Å². The summed E-state index contributed by atoms with van der Waals surface area (Å²) in [6.45, 7) is 7.49. The average molecular weight is 419 g/mol. The summed E-state index contributed by atoms with van der Waals surface area (Å²) in [5, 5.41) is 2.97. The molecule has 1 N–H and O–H groups in total. The predicted molar refractivity (Wildman–Crippen MR) is 118 cm³/mol. The van der Waals surface area contributed by atoms with Gasteiger partial charge in [0.25, 0.3) is 0 Å². The zero-order valence-electron chi connectivity index (χ0n) is 17.9. The standard InChI is InChI=1S/C22H30N2O4S/c1-7-17-10-9-11-18(8-2)21(17)23-22(25)16(4)24(29(6,26)27)19-14-15(3)12-13-20(19)28-5/h9-14,16H,7-8H2,1-6H3,(H,23,25)/t16-/m0/s1. The highest BCUT2D eigenvalue weighted by molar-refractivity contribution is 7.92. The third-order valence-electron chi connectivity index (χ3n) is 4.91. The molecular formula is C22H30N2O4S. The van der Waals surface area contributed by atoms with Crippen molar-refractivity contribution in [1.82, 2.24) is 0 Å². The Labute approximate surface area is 173 Å². The van der Waals surface area contributed by atoms with Crippen molar-refractivity contribution in [3.8, 4) is 5.75 Å². The molecule has 0 heterocycles. The number of anilines is 2. The minimum Gasteiger partial charge on any atom is -0.495 e. The lowest BCUT2D eigenvalue weighted by atomic mass is 10.0. The molecule has 6 nitrogen and oxygen atoms in total. The van der Waals surface area contributed by atoms with Gasteiger partial charge in [0.05, 0.1) is 19.1 Å². The lowest BCUT2D eigenvalue weighted by Gasteiger charge is -2.30. The molecule has 0 bridgehead atoms. The monoisotopic (exact) mass is 418 g/mol. The van der Waals surface area contributed by atoms with Gasteiger partial charge in [-0.25, -0.2) is 8.42 Å². The molecule has 0 spiro atoms. The van der Waals surface area contributed by atoms with Crippen molar-refractivity contribution in [1.29, 1.82) is 0 Å². The van der Waals surface area contributed by atoms with Gasteiger partial charge in [0.2, 0.25) is 15.9 Å². The first-order valence-electron chi connectivity index (χ1n) is 9.69. The Morgan fingerprint density at radius 2 is 1.72 bits per heavy atom. The van der Waals surface area contributed by atoms with E-state index in [1.807, 2.05) is 45.0 Å². The quantitative estimate of drug-likeness (QED) is 0.705. The van der Waals surface area contributed by atoms with Crippen molar-refractivity contribution in [3.05, 3.63) is 53.1 Å². The van der Waals surface area contributed by atoms with E-state index in [0.717, 1.165) is 45.8 Å². The van der Waals surface area contributed by atoms with Crippen LogP contribution >= 0.6 is 0 Å². The molecule has 0 saturated carbocycles. The van der Waals surface area contributed by atoms with E-state index in [9.17, 15) is 13.2 Å². The predicted octanol–water partition coefficient (Wildman–Crippen LogP) is 3.92. The van der Waals surface area contributed by atoms with Crippen molar-refractivity contribution in [3.63, 3.8) is 0 Å². The molecule has 1 atom stereocenters. The SMILES string of the molecule is CCc1cccc(CC)c1NC(=O)[C@H](C)N(c1cc(C)ccc1OC)S(C)(=O)=O. The van der Waals surface area contributed by atoms with Gasteiger partial charge in [-0.1, -0.05) is 38.1 Å². The van der Waals surface area contributed by atoms with Gasteiger partial charge in [0.15, 0.2) is 0 Å². The maximum Gasteiger partial charge on any atom is 0.248 e. The molecule has 0 aromatic heterocycles. The van der Waals surface area contributed by atoms with E-state index in [1.165, 1.54) is 7.11 Å². The van der Waals surface area contributed by atoms with Crippen LogP contribution < -0.4 is 14.4 Å². The van der Waals surface area contributed by atoms with E-state index in [4.69, 9.17) is 4.74 Å². The van der Waals surface area contributed by atoms with Crippen LogP contribution in [-0.4, -0.2) is 33.7 Å². The summed E-state index contributed by atoms with van der Waals surface area (Å²) in [7, 11) is -2.27. The van der Waals surface area contributed by atoms with E-state index in [2.05, 4.69) is 5.32 Å². The highest BCUT2D eigenvalue weighted by Crippen LogP contribution is 2.33. The normalized spacial score (nSPS) is 12.3. The minimum absolute atomic E-state index is 0.345. The van der Waals surface area contributed by atoms with Crippen LogP contribution in [0.1, 0.15) is 37.5 Å². The summed E-state index contributed by atoms with van der Waals surface area (Å²) in [6.07, 6.45) is 2.62. The van der Waals surface area contributed by atoms with Crippen LogP contribution in [0.3, 0.4) is 0 Å². The lowest BCUT2D eigenvalue weighted by Crippen LogP contribution is -2.45. The maximum atomic E-state index is 13.1. The van der Waals surface area contributed by atoms with Gasteiger partial charge in [-0.3, -0.25) is 9.10 Å². The van der Waals surface area contributed by atoms with Gasteiger partial charge >= 0.3 is 0 Å². The number of ether oxygens (including phenoxy) is 1. The first-order chi connectivity index (χ1) is 13.6. The number of benzene rings is 2. The number of carbonyl (C=O) groups is 1. The second-order valence-electron chi connectivity index (χ2n) is 7.06. The van der Waals surface area contributed by atoms with Crippen molar-refractivity contribution in [2.45, 2.75) is 46.6 Å². The van der Waals surface area contributed by atoms with Crippen LogP contribution in [0.5, 0.6) is 5.75 Å². The summed E-state index contributed by atoms with van der Waals surface area (Å²) in [6, 6.07) is 10.2. The number of carbonyl (C=O) groups excluding carboxylic acids is 1. The fraction of sp³-hybridized carbons (Fsp3) is 0.409. The number of amides is 1. The number of sulfonamides is 1. The summed E-state index contributed by atoms with van der Waals surface area (Å²) >= 11 is 0. The zero-order valence-corrected chi connectivity index (χ0v) is 18.8. The zero-order chi connectivity index (χ0) is 21.8. The molecule has 0 aliphatic heterocycles. The Bertz CT molecular complexity index is 964. The number of methoxy groups -OCH3 is 1. The van der Waals surface area contributed by atoms with Crippen LogP contribution in [0.25, 0.3) is 0 Å². The Morgan fingerprint density at radius 3 is 2.21 bits per heavy atom. The van der Waals surface area contributed by atoms with Crippen molar-refractivity contribution in [2.75, 3.05) is 23.0 Å². The van der Waals surface area contributed by atoms with E-state index >= 15 is 0 Å². The Hall–Kier alpha value is -2.54. The van der Waals surface area contributed by atoms with Gasteiger partial charge in [-0.15, -0.1) is 0 Å². The lowest BCUT2D eigenvalue weighted by molar-refractivity contribution is -0.116. The van der Waals surface area contributed by atoms with Gasteiger partial charge in [0, 0.05) is 5.69 Å².